The summed E-state index contributed by atoms with van der Waals surface area (Å²) in [5.74, 6) is -1.34. The highest BCUT2D eigenvalue weighted by atomic mass is 19.1. The molecule has 2 aromatic carbocycles. The van der Waals surface area contributed by atoms with Gasteiger partial charge in [0.25, 0.3) is 11.6 Å². The van der Waals surface area contributed by atoms with Gasteiger partial charge in [0.1, 0.15) is 11.6 Å². The van der Waals surface area contributed by atoms with E-state index in [-0.39, 0.29) is 17.2 Å². The highest BCUT2D eigenvalue weighted by Crippen LogP contribution is 2.22. The van der Waals surface area contributed by atoms with Crippen LogP contribution in [-0.2, 0) is 4.79 Å². The van der Waals surface area contributed by atoms with Crippen molar-refractivity contribution in [3.05, 3.63) is 64.0 Å². The molecule has 130 valence electrons. The van der Waals surface area contributed by atoms with Crippen molar-refractivity contribution in [3.63, 3.8) is 0 Å². The fourth-order valence-corrected chi connectivity index (χ4v) is 2.00. The SMILES string of the molecule is CC(=O)c1cccc(O[C@@H](C)C(=O)Nc2cc([N+](=O)[O-])ccc2F)c1. The Labute approximate surface area is 142 Å². The number of benzene rings is 2. The molecule has 25 heavy (non-hydrogen) atoms. The van der Waals surface area contributed by atoms with Crippen LogP contribution < -0.4 is 10.1 Å². The van der Waals surface area contributed by atoms with E-state index in [9.17, 15) is 24.1 Å². The number of rotatable bonds is 6. The Hall–Kier alpha value is -3.29. The second-order valence-electron chi connectivity index (χ2n) is 5.25. The molecule has 0 aliphatic rings. The van der Waals surface area contributed by atoms with Crippen LogP contribution in [0.3, 0.4) is 0 Å². The number of amides is 1. The standard InChI is InChI=1S/C17H15FN2O5/c1-10(21)12-4-3-5-14(8-12)25-11(2)17(22)19-16-9-13(20(23)24)6-7-15(16)18/h3-9,11H,1-2H3,(H,19,22)/t11-/m0/s1. The first-order valence-electron chi connectivity index (χ1n) is 7.30. The molecule has 0 spiro atoms. The number of hydrogen-bond acceptors (Lipinski definition) is 5. The first-order valence-corrected chi connectivity index (χ1v) is 7.30. The summed E-state index contributed by atoms with van der Waals surface area (Å²) in [6, 6.07) is 9.10. The number of nitro benzene ring substituents is 1. The van der Waals surface area contributed by atoms with Gasteiger partial charge in [-0.15, -0.1) is 0 Å². The smallest absolute Gasteiger partial charge is 0.271 e. The van der Waals surface area contributed by atoms with E-state index in [1.807, 2.05) is 0 Å². The number of Topliss-reactive ketones (excluding diaryl/α,β-unsaturated/α-hetero) is 1. The molecule has 1 amide bonds. The lowest BCUT2D eigenvalue weighted by atomic mass is 10.1. The normalized spacial score (nSPS) is 11.5. The molecule has 0 fully saturated rings. The van der Waals surface area contributed by atoms with Crippen LogP contribution in [-0.4, -0.2) is 22.7 Å². The fraction of sp³-hybridized carbons (Fsp3) is 0.176. The van der Waals surface area contributed by atoms with E-state index < -0.39 is 22.8 Å². The second-order valence-corrected chi connectivity index (χ2v) is 5.25. The van der Waals surface area contributed by atoms with Crippen LogP contribution in [0.2, 0.25) is 0 Å². The summed E-state index contributed by atoms with van der Waals surface area (Å²) in [6.45, 7) is 2.84. The van der Waals surface area contributed by atoms with Gasteiger partial charge in [-0.25, -0.2) is 4.39 Å². The van der Waals surface area contributed by atoms with Crippen LogP contribution in [0.25, 0.3) is 0 Å². The van der Waals surface area contributed by atoms with Crippen molar-refractivity contribution in [3.8, 4) is 5.75 Å². The number of non-ortho nitro benzene ring substituents is 1. The van der Waals surface area contributed by atoms with Crippen molar-refractivity contribution in [1.29, 1.82) is 0 Å². The number of anilines is 1. The molecule has 0 heterocycles. The number of halogens is 1. The molecule has 1 N–H and O–H groups in total. The van der Waals surface area contributed by atoms with Crippen LogP contribution in [0, 0.1) is 15.9 Å². The first kappa shape index (κ1) is 18.1. The minimum absolute atomic E-state index is 0.152. The summed E-state index contributed by atoms with van der Waals surface area (Å²) in [4.78, 5) is 33.5. The van der Waals surface area contributed by atoms with E-state index in [4.69, 9.17) is 4.74 Å². The molecule has 0 aliphatic carbocycles. The Kier molecular flexibility index (Phi) is 5.43. The number of ether oxygens (including phenoxy) is 1. The van der Waals surface area contributed by atoms with Crippen LogP contribution in [0.5, 0.6) is 5.75 Å². The number of nitrogens with zero attached hydrogens (tertiary/aromatic N) is 1. The van der Waals surface area contributed by atoms with Gasteiger partial charge in [0.05, 0.1) is 10.6 Å². The maximum Gasteiger partial charge on any atom is 0.271 e. The van der Waals surface area contributed by atoms with Crippen LogP contribution in [0.15, 0.2) is 42.5 Å². The predicted octanol–water partition coefficient (Wildman–Crippen LogP) is 3.34. The van der Waals surface area contributed by atoms with Crippen molar-refractivity contribution in [2.75, 3.05) is 5.32 Å². The molecule has 0 radical (unpaired) electrons. The van der Waals surface area contributed by atoms with E-state index in [1.165, 1.54) is 19.9 Å². The summed E-state index contributed by atoms with van der Waals surface area (Å²) in [7, 11) is 0. The fourth-order valence-electron chi connectivity index (χ4n) is 2.00. The second kappa shape index (κ2) is 7.52. The number of hydrogen-bond donors (Lipinski definition) is 1. The van der Waals surface area contributed by atoms with Gasteiger partial charge in [0.15, 0.2) is 11.9 Å². The summed E-state index contributed by atoms with van der Waals surface area (Å²) < 4.78 is 19.1. The Morgan fingerprint density at radius 3 is 2.60 bits per heavy atom. The molecular formula is C17H15FN2O5. The largest absolute Gasteiger partial charge is 0.481 e. The molecular weight excluding hydrogens is 331 g/mol. The zero-order valence-corrected chi connectivity index (χ0v) is 13.5. The lowest BCUT2D eigenvalue weighted by Gasteiger charge is -2.15. The maximum absolute atomic E-state index is 13.7. The van der Waals surface area contributed by atoms with Crippen molar-refractivity contribution >= 4 is 23.1 Å². The van der Waals surface area contributed by atoms with Gasteiger partial charge in [-0.1, -0.05) is 12.1 Å². The summed E-state index contributed by atoms with van der Waals surface area (Å²) in [5, 5.41) is 13.0. The molecule has 0 saturated carbocycles. The van der Waals surface area contributed by atoms with Gasteiger partial charge in [-0.05, 0) is 32.0 Å². The van der Waals surface area contributed by atoms with E-state index >= 15 is 0 Å². The lowest BCUT2D eigenvalue weighted by Crippen LogP contribution is -2.30. The third-order valence-electron chi connectivity index (χ3n) is 3.34. The van der Waals surface area contributed by atoms with E-state index in [2.05, 4.69) is 5.32 Å². The average molecular weight is 346 g/mol. The van der Waals surface area contributed by atoms with Crippen molar-refractivity contribution in [2.24, 2.45) is 0 Å². The molecule has 0 aliphatic heterocycles. The van der Waals surface area contributed by atoms with Crippen LogP contribution >= 0.6 is 0 Å². The Morgan fingerprint density at radius 1 is 1.24 bits per heavy atom. The summed E-state index contributed by atoms with van der Waals surface area (Å²) in [5.41, 5.74) is -0.235. The van der Waals surface area contributed by atoms with Gasteiger partial charge in [-0.2, -0.15) is 0 Å². The van der Waals surface area contributed by atoms with E-state index in [0.717, 1.165) is 18.2 Å². The molecule has 0 unspecified atom stereocenters. The number of nitrogens with one attached hydrogen (secondary N) is 1. The van der Waals surface area contributed by atoms with Crippen molar-refractivity contribution < 1.29 is 23.6 Å². The molecule has 2 aromatic rings. The molecule has 7 nitrogen and oxygen atoms in total. The van der Waals surface area contributed by atoms with E-state index in [1.54, 1.807) is 18.2 Å². The van der Waals surface area contributed by atoms with Crippen LogP contribution in [0.1, 0.15) is 24.2 Å². The number of carbonyl (C=O) groups is 2. The van der Waals surface area contributed by atoms with Gasteiger partial charge in [0.2, 0.25) is 0 Å². The van der Waals surface area contributed by atoms with Crippen molar-refractivity contribution in [2.45, 2.75) is 20.0 Å². The zero-order valence-electron chi connectivity index (χ0n) is 13.5. The number of ketones is 1. The third kappa shape index (κ3) is 4.60. The van der Waals surface area contributed by atoms with Gasteiger partial charge < -0.3 is 10.1 Å². The quantitative estimate of drug-likeness (QED) is 0.491. The summed E-state index contributed by atoms with van der Waals surface area (Å²) in [6.07, 6.45) is -1.01. The molecule has 0 bridgehead atoms. The predicted molar refractivity (Wildman–Crippen MR) is 88.2 cm³/mol. The van der Waals surface area contributed by atoms with Gasteiger partial charge >= 0.3 is 0 Å². The Morgan fingerprint density at radius 2 is 1.96 bits per heavy atom. The van der Waals surface area contributed by atoms with Crippen LogP contribution in [0.4, 0.5) is 15.8 Å². The van der Waals surface area contributed by atoms with E-state index in [0.29, 0.717) is 11.3 Å². The maximum atomic E-state index is 13.7. The molecule has 8 heteroatoms. The topological polar surface area (TPSA) is 98.5 Å². The number of nitro groups is 1. The average Bonchev–Trinajstić information content (AvgIpc) is 2.56. The minimum Gasteiger partial charge on any atom is -0.481 e. The Balaban J connectivity index is 2.10. The van der Waals surface area contributed by atoms with Gasteiger partial charge in [0, 0.05) is 17.7 Å². The molecule has 0 saturated heterocycles. The first-order chi connectivity index (χ1) is 11.8. The molecule has 2 rings (SSSR count). The lowest BCUT2D eigenvalue weighted by molar-refractivity contribution is -0.384. The molecule has 0 aromatic heterocycles. The zero-order chi connectivity index (χ0) is 18.6. The summed E-state index contributed by atoms with van der Waals surface area (Å²) >= 11 is 0. The highest BCUT2D eigenvalue weighted by molar-refractivity contribution is 5.95. The minimum atomic E-state index is -1.01. The third-order valence-corrected chi connectivity index (χ3v) is 3.34. The number of carbonyl (C=O) groups excluding carboxylic acids is 2. The van der Waals surface area contributed by atoms with Gasteiger partial charge in [-0.3, -0.25) is 19.7 Å². The highest BCUT2D eigenvalue weighted by Gasteiger charge is 2.19. The monoisotopic (exact) mass is 346 g/mol. The molecule has 1 atom stereocenters. The Bertz CT molecular complexity index is 838. The van der Waals surface area contributed by atoms with Crippen molar-refractivity contribution in [1.82, 2.24) is 0 Å².